The van der Waals surface area contributed by atoms with Crippen molar-refractivity contribution in [1.82, 2.24) is 5.32 Å². The molecule has 9 nitrogen and oxygen atoms in total. The zero-order valence-corrected chi connectivity index (χ0v) is 13.1. The summed E-state index contributed by atoms with van der Waals surface area (Å²) in [6, 6.07) is 3.62. The van der Waals surface area contributed by atoms with Crippen LogP contribution in [0.25, 0.3) is 0 Å². The van der Waals surface area contributed by atoms with E-state index in [2.05, 4.69) is 20.7 Å². The van der Waals surface area contributed by atoms with Gasteiger partial charge in [-0.1, -0.05) is 0 Å². The van der Waals surface area contributed by atoms with Crippen LogP contribution in [0, 0.1) is 10.1 Å². The lowest BCUT2D eigenvalue weighted by molar-refractivity contribution is -0.385. The first kappa shape index (κ1) is 17.6. The van der Waals surface area contributed by atoms with Crippen molar-refractivity contribution in [2.45, 2.75) is 13.0 Å². The first-order chi connectivity index (χ1) is 10.3. The van der Waals surface area contributed by atoms with Gasteiger partial charge in [0.05, 0.1) is 22.1 Å². The molecular formula is C12H11BrN2O7. The number of imide groups is 1. The molecule has 1 rings (SSSR count). The maximum Gasteiger partial charge on any atom is 0.413 e. The van der Waals surface area contributed by atoms with Crippen molar-refractivity contribution in [3.05, 3.63) is 38.3 Å². The number of hydrogen-bond acceptors (Lipinski definition) is 7. The standard InChI is InChI=1S/C12H11BrN2O7/c1-6(10(16)14-12(18)21-2)22-11(17)7-3-4-8(13)9(5-7)15(19)20/h3-6H,1-2H3,(H,14,16,18)/t6-/m1/s1. The molecule has 118 valence electrons. The topological polar surface area (TPSA) is 125 Å². The smallest absolute Gasteiger partial charge is 0.413 e. The van der Waals surface area contributed by atoms with E-state index in [4.69, 9.17) is 4.74 Å². The third-order valence-electron chi connectivity index (χ3n) is 2.44. The van der Waals surface area contributed by atoms with Crippen LogP contribution in [-0.2, 0) is 14.3 Å². The van der Waals surface area contributed by atoms with E-state index in [0.29, 0.717) is 0 Å². The molecule has 22 heavy (non-hydrogen) atoms. The molecule has 0 saturated heterocycles. The molecule has 0 aliphatic rings. The van der Waals surface area contributed by atoms with Crippen molar-refractivity contribution in [2.75, 3.05) is 7.11 Å². The van der Waals surface area contributed by atoms with Crippen LogP contribution in [0.15, 0.2) is 22.7 Å². The van der Waals surface area contributed by atoms with E-state index < -0.39 is 29.0 Å². The fourth-order valence-electron chi connectivity index (χ4n) is 1.31. The normalized spacial score (nSPS) is 11.2. The molecule has 1 atom stereocenters. The zero-order chi connectivity index (χ0) is 16.9. The Morgan fingerprint density at radius 3 is 2.55 bits per heavy atom. The number of nitro benzene ring substituents is 1. The van der Waals surface area contributed by atoms with Gasteiger partial charge >= 0.3 is 12.1 Å². The summed E-state index contributed by atoms with van der Waals surface area (Å²) in [4.78, 5) is 44.3. The maximum absolute atomic E-state index is 11.8. The zero-order valence-electron chi connectivity index (χ0n) is 11.5. The molecule has 0 spiro atoms. The van der Waals surface area contributed by atoms with Crippen LogP contribution in [0.5, 0.6) is 0 Å². The third-order valence-corrected chi connectivity index (χ3v) is 3.11. The lowest BCUT2D eigenvalue weighted by Gasteiger charge is -2.12. The van der Waals surface area contributed by atoms with Gasteiger partial charge in [0.1, 0.15) is 0 Å². The number of nitrogens with zero attached hydrogens (tertiary/aromatic N) is 1. The number of halogens is 1. The summed E-state index contributed by atoms with van der Waals surface area (Å²) >= 11 is 2.98. The van der Waals surface area contributed by atoms with E-state index in [1.165, 1.54) is 19.1 Å². The summed E-state index contributed by atoms with van der Waals surface area (Å²) in [7, 11) is 1.07. The van der Waals surface area contributed by atoms with Crippen LogP contribution >= 0.6 is 15.9 Å². The second-order valence-corrected chi connectivity index (χ2v) is 4.81. The predicted molar refractivity (Wildman–Crippen MR) is 76.2 cm³/mol. The molecule has 1 aromatic carbocycles. The monoisotopic (exact) mass is 374 g/mol. The van der Waals surface area contributed by atoms with E-state index in [0.717, 1.165) is 13.2 Å². The quantitative estimate of drug-likeness (QED) is 0.483. The van der Waals surface area contributed by atoms with Crippen molar-refractivity contribution in [2.24, 2.45) is 0 Å². The molecule has 0 aliphatic heterocycles. The summed E-state index contributed by atoms with van der Waals surface area (Å²) in [5.41, 5.74) is -0.422. The molecular weight excluding hydrogens is 364 g/mol. The number of methoxy groups -OCH3 is 1. The molecule has 0 bridgehead atoms. The van der Waals surface area contributed by atoms with Gasteiger partial charge in [-0.2, -0.15) is 0 Å². The molecule has 1 aromatic rings. The molecule has 0 saturated carbocycles. The molecule has 0 aliphatic carbocycles. The van der Waals surface area contributed by atoms with Crippen molar-refractivity contribution in [3.8, 4) is 0 Å². The number of ether oxygens (including phenoxy) is 2. The van der Waals surface area contributed by atoms with Crippen LogP contribution in [0.1, 0.15) is 17.3 Å². The Kier molecular flexibility index (Phi) is 5.99. The number of rotatable bonds is 4. The second kappa shape index (κ2) is 7.50. The van der Waals surface area contributed by atoms with Gasteiger partial charge in [-0.3, -0.25) is 20.2 Å². The Balaban J connectivity index is 2.81. The minimum absolute atomic E-state index is 0.104. The predicted octanol–water partition coefficient (Wildman–Crippen LogP) is 1.79. The Labute approximate surface area is 132 Å². The van der Waals surface area contributed by atoms with Crippen LogP contribution in [0.2, 0.25) is 0 Å². The Bertz CT molecular complexity index is 632. The summed E-state index contributed by atoms with van der Waals surface area (Å²) in [5, 5.41) is 12.6. The SMILES string of the molecule is COC(=O)NC(=O)[C@@H](C)OC(=O)c1ccc(Br)c([N+](=O)[O-])c1. The Morgan fingerprint density at radius 2 is 2.00 bits per heavy atom. The van der Waals surface area contributed by atoms with Crippen LogP contribution in [0.4, 0.5) is 10.5 Å². The van der Waals surface area contributed by atoms with Gasteiger partial charge in [-0.25, -0.2) is 9.59 Å². The molecule has 0 unspecified atom stereocenters. The summed E-state index contributed by atoms with van der Waals surface area (Å²) in [6.45, 7) is 1.24. The highest BCUT2D eigenvalue weighted by Gasteiger charge is 2.23. The second-order valence-electron chi connectivity index (χ2n) is 3.95. The molecule has 2 amide bonds. The Morgan fingerprint density at radius 1 is 1.36 bits per heavy atom. The van der Waals surface area contributed by atoms with Crippen molar-refractivity contribution >= 4 is 39.6 Å². The first-order valence-electron chi connectivity index (χ1n) is 5.80. The molecule has 0 heterocycles. The number of carbonyl (C=O) groups excluding carboxylic acids is 3. The average molecular weight is 375 g/mol. The van der Waals surface area contributed by atoms with Gasteiger partial charge in [0.25, 0.3) is 11.6 Å². The van der Waals surface area contributed by atoms with Crippen molar-refractivity contribution in [3.63, 3.8) is 0 Å². The lowest BCUT2D eigenvalue weighted by Crippen LogP contribution is -2.39. The highest BCUT2D eigenvalue weighted by molar-refractivity contribution is 9.10. The molecule has 1 N–H and O–H groups in total. The van der Waals surface area contributed by atoms with Crippen LogP contribution in [-0.4, -0.2) is 36.1 Å². The number of nitrogens with one attached hydrogen (secondary N) is 1. The minimum Gasteiger partial charge on any atom is -0.453 e. The molecule has 0 fully saturated rings. The minimum atomic E-state index is -1.28. The number of nitro groups is 1. The molecule has 0 radical (unpaired) electrons. The highest BCUT2D eigenvalue weighted by atomic mass is 79.9. The van der Waals surface area contributed by atoms with Gasteiger partial charge < -0.3 is 9.47 Å². The van der Waals surface area contributed by atoms with Gasteiger partial charge in [0.2, 0.25) is 0 Å². The Hall–Kier alpha value is -2.49. The summed E-state index contributed by atoms with van der Waals surface area (Å²) < 4.78 is 9.25. The number of benzene rings is 1. The van der Waals surface area contributed by atoms with Gasteiger partial charge in [-0.05, 0) is 35.0 Å². The van der Waals surface area contributed by atoms with Gasteiger partial charge in [-0.15, -0.1) is 0 Å². The molecule has 10 heteroatoms. The summed E-state index contributed by atoms with van der Waals surface area (Å²) in [5.74, 6) is -1.82. The number of carbonyl (C=O) groups is 3. The van der Waals surface area contributed by atoms with Crippen molar-refractivity contribution in [1.29, 1.82) is 0 Å². The van der Waals surface area contributed by atoms with Crippen LogP contribution < -0.4 is 5.32 Å². The maximum atomic E-state index is 11.8. The first-order valence-corrected chi connectivity index (χ1v) is 6.59. The van der Waals surface area contributed by atoms with E-state index in [-0.39, 0.29) is 15.7 Å². The number of alkyl carbamates (subject to hydrolysis) is 1. The van der Waals surface area contributed by atoms with Crippen molar-refractivity contribution < 1.29 is 28.8 Å². The number of esters is 1. The third kappa shape index (κ3) is 4.52. The fraction of sp³-hybridized carbons (Fsp3) is 0.250. The fourth-order valence-corrected chi connectivity index (χ4v) is 1.71. The lowest BCUT2D eigenvalue weighted by atomic mass is 10.2. The number of hydrogen-bond donors (Lipinski definition) is 1. The van der Waals surface area contributed by atoms with Gasteiger partial charge in [0, 0.05) is 6.07 Å². The molecule has 0 aromatic heterocycles. The van der Waals surface area contributed by atoms with E-state index >= 15 is 0 Å². The van der Waals surface area contributed by atoms with E-state index in [9.17, 15) is 24.5 Å². The average Bonchev–Trinajstić information content (AvgIpc) is 2.46. The van der Waals surface area contributed by atoms with Gasteiger partial charge in [0.15, 0.2) is 6.10 Å². The number of amides is 2. The summed E-state index contributed by atoms with van der Waals surface area (Å²) in [6.07, 6.45) is -2.28. The van der Waals surface area contributed by atoms with E-state index in [1.54, 1.807) is 0 Å². The highest BCUT2D eigenvalue weighted by Crippen LogP contribution is 2.26. The van der Waals surface area contributed by atoms with Crippen LogP contribution in [0.3, 0.4) is 0 Å². The largest absolute Gasteiger partial charge is 0.453 e. The van der Waals surface area contributed by atoms with E-state index in [1.807, 2.05) is 5.32 Å².